The number of aromatic amines is 1. The molecule has 0 radical (unpaired) electrons. The molecule has 0 aliphatic rings. The van der Waals surface area contributed by atoms with Crippen molar-refractivity contribution in [2.75, 3.05) is 14.2 Å². The third-order valence-corrected chi connectivity index (χ3v) is 6.79. The molecule has 10 nitrogen and oxygen atoms in total. The molecule has 39 heavy (non-hydrogen) atoms. The highest BCUT2D eigenvalue weighted by molar-refractivity contribution is 5.80. The number of fused-ring (bicyclic) bond motifs is 1. The first-order valence-electron chi connectivity index (χ1n) is 12.8. The number of tetrazole rings is 1. The van der Waals surface area contributed by atoms with Crippen LogP contribution in [-0.4, -0.2) is 49.3 Å². The van der Waals surface area contributed by atoms with Gasteiger partial charge in [-0.05, 0) is 70.4 Å². The standard InChI is InChI=1S/C29H31N7O3/c1-4-27(28-32-33-34-36(28)18-20-7-9-24(38-2)10-8-20)35(17-21-6-5-13-30-16-21)19-23-14-22-15-25(39-3)11-12-26(22)31-29(23)37/h5-16,27H,4,17-19H2,1-3H3,(H,31,37). The van der Waals surface area contributed by atoms with Gasteiger partial charge in [0, 0.05) is 41.9 Å². The summed E-state index contributed by atoms with van der Waals surface area (Å²) in [6.07, 6.45) is 4.33. The van der Waals surface area contributed by atoms with E-state index in [1.54, 1.807) is 20.4 Å². The van der Waals surface area contributed by atoms with Gasteiger partial charge in [0.25, 0.3) is 5.56 Å². The highest BCUT2D eigenvalue weighted by atomic mass is 16.5. The van der Waals surface area contributed by atoms with Gasteiger partial charge in [0.2, 0.25) is 0 Å². The molecule has 1 unspecified atom stereocenters. The largest absolute Gasteiger partial charge is 0.497 e. The molecular weight excluding hydrogens is 494 g/mol. The normalized spacial score (nSPS) is 12.1. The van der Waals surface area contributed by atoms with Gasteiger partial charge in [-0.25, -0.2) is 4.68 Å². The summed E-state index contributed by atoms with van der Waals surface area (Å²) in [4.78, 5) is 22.7. The molecule has 1 N–H and O–H groups in total. The van der Waals surface area contributed by atoms with Crippen LogP contribution >= 0.6 is 0 Å². The Balaban J connectivity index is 1.50. The quantitative estimate of drug-likeness (QED) is 0.274. The molecule has 0 saturated carbocycles. The predicted octanol–water partition coefficient (Wildman–Crippen LogP) is 4.13. The topological polar surface area (TPSA) is 111 Å². The summed E-state index contributed by atoms with van der Waals surface area (Å²) in [6.45, 7) is 3.57. The van der Waals surface area contributed by atoms with Gasteiger partial charge in [-0.1, -0.05) is 25.1 Å². The highest BCUT2D eigenvalue weighted by Crippen LogP contribution is 2.27. The molecule has 0 aliphatic carbocycles. The average Bonchev–Trinajstić information content (AvgIpc) is 3.42. The molecule has 2 aromatic carbocycles. The van der Waals surface area contributed by atoms with Crippen LogP contribution in [0, 0.1) is 0 Å². The van der Waals surface area contributed by atoms with Crippen LogP contribution in [0.25, 0.3) is 10.9 Å². The van der Waals surface area contributed by atoms with E-state index in [4.69, 9.17) is 9.47 Å². The highest BCUT2D eigenvalue weighted by Gasteiger charge is 2.26. The number of H-pyrrole nitrogens is 1. The Morgan fingerprint density at radius 3 is 2.49 bits per heavy atom. The fraction of sp³-hybridized carbons (Fsp3) is 0.276. The number of aromatic nitrogens is 6. The molecule has 0 amide bonds. The van der Waals surface area contributed by atoms with Gasteiger partial charge in [0.05, 0.1) is 26.8 Å². The van der Waals surface area contributed by atoms with Crippen molar-refractivity contribution in [3.63, 3.8) is 0 Å². The van der Waals surface area contributed by atoms with Gasteiger partial charge in [0.1, 0.15) is 11.5 Å². The number of ether oxygens (including phenoxy) is 2. The summed E-state index contributed by atoms with van der Waals surface area (Å²) in [5, 5.41) is 13.7. The molecule has 0 fully saturated rings. The Kier molecular flexibility index (Phi) is 7.93. The second-order valence-electron chi connectivity index (χ2n) is 9.31. The molecule has 0 bridgehead atoms. The van der Waals surface area contributed by atoms with E-state index in [1.807, 2.05) is 71.5 Å². The van der Waals surface area contributed by atoms with Gasteiger partial charge in [-0.15, -0.1) is 5.10 Å². The number of nitrogens with zero attached hydrogens (tertiary/aromatic N) is 6. The Bertz CT molecular complexity index is 1580. The molecule has 0 spiro atoms. The minimum absolute atomic E-state index is 0.128. The molecule has 5 rings (SSSR count). The summed E-state index contributed by atoms with van der Waals surface area (Å²) in [6, 6.07) is 19.2. The van der Waals surface area contributed by atoms with Crippen molar-refractivity contribution >= 4 is 10.9 Å². The lowest BCUT2D eigenvalue weighted by Gasteiger charge is -2.30. The second-order valence-corrected chi connectivity index (χ2v) is 9.31. The van der Waals surface area contributed by atoms with Crippen molar-refractivity contribution in [1.82, 2.24) is 35.1 Å². The summed E-state index contributed by atoms with van der Waals surface area (Å²) in [7, 11) is 3.28. The lowest BCUT2D eigenvalue weighted by molar-refractivity contribution is 0.161. The summed E-state index contributed by atoms with van der Waals surface area (Å²) < 4.78 is 12.5. The van der Waals surface area contributed by atoms with E-state index in [0.29, 0.717) is 25.2 Å². The second kappa shape index (κ2) is 11.9. The van der Waals surface area contributed by atoms with E-state index >= 15 is 0 Å². The van der Waals surface area contributed by atoms with Crippen molar-refractivity contribution in [2.45, 2.75) is 39.0 Å². The minimum Gasteiger partial charge on any atom is -0.497 e. The first-order valence-corrected chi connectivity index (χ1v) is 12.8. The molecular formula is C29H31N7O3. The Morgan fingerprint density at radius 2 is 1.77 bits per heavy atom. The van der Waals surface area contributed by atoms with Crippen molar-refractivity contribution in [1.29, 1.82) is 0 Å². The first kappa shape index (κ1) is 26.1. The third-order valence-electron chi connectivity index (χ3n) is 6.79. The van der Waals surface area contributed by atoms with Crippen molar-refractivity contribution < 1.29 is 9.47 Å². The number of nitrogens with one attached hydrogen (secondary N) is 1. The van der Waals surface area contributed by atoms with E-state index < -0.39 is 0 Å². The van der Waals surface area contributed by atoms with E-state index in [9.17, 15) is 4.79 Å². The van der Waals surface area contributed by atoms with Gasteiger partial charge >= 0.3 is 0 Å². The Hall–Kier alpha value is -4.57. The average molecular weight is 526 g/mol. The van der Waals surface area contributed by atoms with E-state index in [0.717, 1.165) is 45.8 Å². The number of methoxy groups -OCH3 is 2. The van der Waals surface area contributed by atoms with Gasteiger partial charge < -0.3 is 14.5 Å². The summed E-state index contributed by atoms with van der Waals surface area (Å²) >= 11 is 0. The molecule has 1 atom stereocenters. The van der Waals surface area contributed by atoms with Crippen LogP contribution in [0.4, 0.5) is 0 Å². The van der Waals surface area contributed by atoms with Crippen molar-refractivity contribution in [3.05, 3.63) is 106 Å². The zero-order valence-corrected chi connectivity index (χ0v) is 22.2. The van der Waals surface area contributed by atoms with Crippen LogP contribution in [0.5, 0.6) is 11.5 Å². The Labute approximate surface area is 226 Å². The maximum absolute atomic E-state index is 13.2. The van der Waals surface area contributed by atoms with Crippen LogP contribution < -0.4 is 15.0 Å². The van der Waals surface area contributed by atoms with Crippen LogP contribution in [-0.2, 0) is 19.6 Å². The Morgan fingerprint density at radius 1 is 0.974 bits per heavy atom. The number of rotatable bonds is 11. The van der Waals surface area contributed by atoms with Crippen molar-refractivity contribution in [3.8, 4) is 11.5 Å². The zero-order valence-electron chi connectivity index (χ0n) is 22.2. The fourth-order valence-electron chi connectivity index (χ4n) is 4.77. The fourth-order valence-corrected chi connectivity index (χ4v) is 4.77. The molecule has 5 aromatic rings. The monoisotopic (exact) mass is 525 g/mol. The van der Waals surface area contributed by atoms with Crippen molar-refractivity contribution in [2.24, 2.45) is 0 Å². The minimum atomic E-state index is -0.154. The van der Waals surface area contributed by atoms with Gasteiger partial charge in [-0.3, -0.25) is 14.7 Å². The SMILES string of the molecule is CCC(c1nnnn1Cc1ccc(OC)cc1)N(Cc1cccnc1)Cc1cc2cc(OC)ccc2[nH]c1=O. The maximum Gasteiger partial charge on any atom is 0.252 e. The van der Waals surface area contributed by atoms with Gasteiger partial charge in [0.15, 0.2) is 5.82 Å². The van der Waals surface area contributed by atoms with E-state index in [-0.39, 0.29) is 11.6 Å². The first-order chi connectivity index (χ1) is 19.1. The molecule has 0 aliphatic heterocycles. The van der Waals surface area contributed by atoms with Crippen LogP contribution in [0.3, 0.4) is 0 Å². The van der Waals surface area contributed by atoms with Crippen LogP contribution in [0.1, 0.15) is 41.9 Å². The maximum atomic E-state index is 13.2. The van der Waals surface area contributed by atoms with E-state index in [2.05, 4.69) is 37.3 Å². The molecule has 200 valence electrons. The lowest BCUT2D eigenvalue weighted by atomic mass is 10.1. The van der Waals surface area contributed by atoms with Crippen LogP contribution in [0.2, 0.25) is 0 Å². The third kappa shape index (κ3) is 5.96. The number of pyridine rings is 2. The summed E-state index contributed by atoms with van der Waals surface area (Å²) in [5.41, 5.74) is 3.37. The zero-order chi connectivity index (χ0) is 27.2. The predicted molar refractivity (Wildman–Crippen MR) is 148 cm³/mol. The number of hydrogen-bond acceptors (Lipinski definition) is 8. The molecule has 3 heterocycles. The molecule has 10 heteroatoms. The van der Waals surface area contributed by atoms with Gasteiger partial charge in [-0.2, -0.15) is 0 Å². The van der Waals surface area contributed by atoms with Crippen LogP contribution in [0.15, 0.2) is 77.9 Å². The number of hydrogen-bond donors (Lipinski definition) is 1. The molecule has 3 aromatic heterocycles. The lowest BCUT2D eigenvalue weighted by Crippen LogP contribution is -2.32. The smallest absolute Gasteiger partial charge is 0.252 e. The number of benzene rings is 2. The van der Waals surface area contributed by atoms with E-state index in [1.165, 1.54) is 0 Å². The summed E-state index contributed by atoms with van der Waals surface area (Å²) in [5.74, 6) is 2.26. The molecule has 0 saturated heterocycles.